The van der Waals surface area contributed by atoms with Gasteiger partial charge in [-0.25, -0.2) is 4.98 Å². The van der Waals surface area contributed by atoms with Crippen LogP contribution >= 0.6 is 0 Å². The Labute approximate surface area is 163 Å². The van der Waals surface area contributed by atoms with Crippen LogP contribution < -0.4 is 5.32 Å². The summed E-state index contributed by atoms with van der Waals surface area (Å²) in [6, 6.07) is 24.3. The van der Waals surface area contributed by atoms with Crippen LogP contribution in [0, 0.1) is 5.92 Å². The van der Waals surface area contributed by atoms with Gasteiger partial charge in [0, 0.05) is 17.2 Å². The highest BCUT2D eigenvalue weighted by Crippen LogP contribution is 2.27. The van der Waals surface area contributed by atoms with Crippen molar-refractivity contribution in [3.63, 3.8) is 0 Å². The van der Waals surface area contributed by atoms with Gasteiger partial charge in [0.05, 0.1) is 11.0 Å². The van der Waals surface area contributed by atoms with Gasteiger partial charge in [-0.1, -0.05) is 54.6 Å². The van der Waals surface area contributed by atoms with Gasteiger partial charge in [-0.05, 0) is 48.6 Å². The predicted molar refractivity (Wildman–Crippen MR) is 112 cm³/mol. The average Bonchev–Trinajstić information content (AvgIpc) is 3.17. The van der Waals surface area contributed by atoms with E-state index in [0.29, 0.717) is 0 Å². The van der Waals surface area contributed by atoms with Crippen LogP contribution in [0.15, 0.2) is 72.8 Å². The first-order valence-electron chi connectivity index (χ1n) is 9.69. The number of nitrogens with one attached hydrogen (secondary N) is 2. The summed E-state index contributed by atoms with van der Waals surface area (Å²) < 4.78 is 0. The molecule has 3 aromatic carbocycles. The molecule has 0 aliphatic heterocycles. The van der Waals surface area contributed by atoms with Gasteiger partial charge in [0.2, 0.25) is 5.91 Å². The summed E-state index contributed by atoms with van der Waals surface area (Å²) in [5.41, 5.74) is 6.32. The lowest BCUT2D eigenvalue weighted by Crippen LogP contribution is -2.28. The minimum Gasteiger partial charge on any atom is -0.338 e. The van der Waals surface area contributed by atoms with E-state index in [1.165, 1.54) is 11.1 Å². The van der Waals surface area contributed by atoms with Crippen LogP contribution in [0.2, 0.25) is 0 Å². The lowest BCUT2D eigenvalue weighted by Gasteiger charge is -2.23. The first kappa shape index (κ1) is 16.8. The molecule has 0 fully saturated rings. The highest BCUT2D eigenvalue weighted by molar-refractivity contribution is 5.95. The Morgan fingerprint density at radius 2 is 1.75 bits per heavy atom. The molecule has 4 heteroatoms. The number of hydrogen-bond acceptors (Lipinski definition) is 2. The zero-order valence-electron chi connectivity index (χ0n) is 15.5. The fourth-order valence-corrected chi connectivity index (χ4v) is 3.98. The Hall–Kier alpha value is -3.40. The molecule has 1 aromatic heterocycles. The highest BCUT2D eigenvalue weighted by Gasteiger charge is 2.24. The molecule has 4 nitrogen and oxygen atoms in total. The van der Waals surface area contributed by atoms with Gasteiger partial charge in [0.1, 0.15) is 5.82 Å². The molecule has 2 N–H and O–H groups in total. The number of H-pyrrole nitrogens is 1. The number of imidazole rings is 1. The molecule has 1 amide bonds. The van der Waals surface area contributed by atoms with E-state index in [1.807, 2.05) is 48.5 Å². The van der Waals surface area contributed by atoms with E-state index < -0.39 is 0 Å². The molecule has 1 unspecified atom stereocenters. The molecule has 1 aliphatic carbocycles. The van der Waals surface area contributed by atoms with E-state index in [0.717, 1.165) is 47.4 Å². The summed E-state index contributed by atoms with van der Waals surface area (Å²) in [6.45, 7) is 0. The van der Waals surface area contributed by atoms with Gasteiger partial charge in [0.15, 0.2) is 0 Å². The van der Waals surface area contributed by atoms with Crippen molar-refractivity contribution in [2.45, 2.75) is 19.3 Å². The van der Waals surface area contributed by atoms with E-state index in [9.17, 15) is 4.79 Å². The highest BCUT2D eigenvalue weighted by atomic mass is 16.1. The summed E-state index contributed by atoms with van der Waals surface area (Å²) >= 11 is 0. The summed E-state index contributed by atoms with van der Waals surface area (Å²) in [5, 5.41) is 3.09. The number of carbonyl (C=O) groups is 1. The van der Waals surface area contributed by atoms with Crippen molar-refractivity contribution < 1.29 is 4.79 Å². The Balaban J connectivity index is 1.35. The van der Waals surface area contributed by atoms with Gasteiger partial charge in [-0.2, -0.15) is 0 Å². The molecule has 4 aromatic rings. The molecule has 0 radical (unpaired) electrons. The number of nitrogens with zero attached hydrogens (tertiary/aromatic N) is 1. The Kier molecular flexibility index (Phi) is 4.17. The molecule has 1 aliphatic rings. The van der Waals surface area contributed by atoms with Crippen LogP contribution in [0.4, 0.5) is 5.69 Å². The van der Waals surface area contributed by atoms with E-state index in [4.69, 9.17) is 0 Å². The fraction of sp³-hybridized carbons (Fsp3) is 0.167. The van der Waals surface area contributed by atoms with Crippen LogP contribution in [-0.4, -0.2) is 15.9 Å². The number of hydrogen-bond donors (Lipinski definition) is 2. The number of aryl methyl sites for hydroxylation is 1. The summed E-state index contributed by atoms with van der Waals surface area (Å²) in [5.74, 6) is 0.945. The van der Waals surface area contributed by atoms with Crippen molar-refractivity contribution in [3.05, 3.63) is 83.9 Å². The van der Waals surface area contributed by atoms with Crippen molar-refractivity contribution in [1.82, 2.24) is 9.97 Å². The largest absolute Gasteiger partial charge is 0.338 e. The number of aromatic amines is 1. The van der Waals surface area contributed by atoms with Gasteiger partial charge in [0.25, 0.3) is 0 Å². The number of amides is 1. The monoisotopic (exact) mass is 367 g/mol. The zero-order chi connectivity index (χ0) is 18.9. The zero-order valence-corrected chi connectivity index (χ0v) is 15.5. The lowest BCUT2D eigenvalue weighted by atomic mass is 9.83. The molecule has 0 spiro atoms. The second-order valence-corrected chi connectivity index (χ2v) is 7.38. The SMILES string of the molecule is O=C(Nc1ccc2[nH]c(-c3ccccc3)nc2c1)C1CCc2ccccc2C1. The van der Waals surface area contributed by atoms with E-state index >= 15 is 0 Å². The maximum atomic E-state index is 12.8. The van der Waals surface area contributed by atoms with Crippen molar-refractivity contribution >= 4 is 22.6 Å². The van der Waals surface area contributed by atoms with Gasteiger partial charge in [-0.15, -0.1) is 0 Å². The first-order valence-corrected chi connectivity index (χ1v) is 9.69. The van der Waals surface area contributed by atoms with Crippen molar-refractivity contribution in [2.75, 3.05) is 5.32 Å². The molecule has 1 heterocycles. The van der Waals surface area contributed by atoms with Crippen molar-refractivity contribution in [1.29, 1.82) is 0 Å². The normalized spacial score (nSPS) is 15.9. The topological polar surface area (TPSA) is 57.8 Å². The quantitative estimate of drug-likeness (QED) is 0.537. The Bertz CT molecular complexity index is 1150. The molecule has 5 rings (SSSR count). The van der Waals surface area contributed by atoms with Crippen LogP contribution in [0.25, 0.3) is 22.4 Å². The molecule has 0 bridgehead atoms. The first-order chi connectivity index (χ1) is 13.8. The number of carbonyl (C=O) groups excluding carboxylic acids is 1. The summed E-state index contributed by atoms with van der Waals surface area (Å²) in [4.78, 5) is 20.8. The fourth-order valence-electron chi connectivity index (χ4n) is 3.98. The maximum absolute atomic E-state index is 12.8. The number of aromatic nitrogens is 2. The van der Waals surface area contributed by atoms with Crippen molar-refractivity contribution in [2.24, 2.45) is 5.92 Å². The molecular formula is C24H21N3O. The average molecular weight is 367 g/mol. The van der Waals surface area contributed by atoms with E-state index in [2.05, 4.69) is 39.6 Å². The van der Waals surface area contributed by atoms with Gasteiger partial charge in [-0.3, -0.25) is 4.79 Å². The molecule has 1 atom stereocenters. The molecular weight excluding hydrogens is 346 g/mol. The summed E-state index contributed by atoms with van der Waals surface area (Å²) in [6.07, 6.45) is 2.67. The third kappa shape index (κ3) is 3.18. The van der Waals surface area contributed by atoms with Crippen LogP contribution in [0.5, 0.6) is 0 Å². The van der Waals surface area contributed by atoms with Crippen LogP contribution in [0.3, 0.4) is 0 Å². The number of fused-ring (bicyclic) bond motifs is 2. The molecule has 138 valence electrons. The minimum atomic E-state index is 0.0182. The van der Waals surface area contributed by atoms with Crippen LogP contribution in [-0.2, 0) is 17.6 Å². The molecule has 0 saturated heterocycles. The molecule has 0 saturated carbocycles. The standard InChI is InChI=1S/C24H21N3O/c28-24(19-11-10-16-6-4-5-9-18(16)14-19)25-20-12-13-21-22(15-20)27-23(26-21)17-7-2-1-3-8-17/h1-9,12-13,15,19H,10-11,14H2,(H,25,28)(H,26,27). The third-order valence-electron chi connectivity index (χ3n) is 5.52. The second-order valence-electron chi connectivity index (χ2n) is 7.38. The molecule has 28 heavy (non-hydrogen) atoms. The summed E-state index contributed by atoms with van der Waals surface area (Å²) in [7, 11) is 0. The predicted octanol–water partition coefficient (Wildman–Crippen LogP) is 4.97. The number of rotatable bonds is 3. The number of benzene rings is 3. The lowest BCUT2D eigenvalue weighted by molar-refractivity contribution is -0.120. The smallest absolute Gasteiger partial charge is 0.227 e. The van der Waals surface area contributed by atoms with E-state index in [-0.39, 0.29) is 11.8 Å². The minimum absolute atomic E-state index is 0.0182. The second kappa shape index (κ2) is 6.97. The Morgan fingerprint density at radius 1 is 0.964 bits per heavy atom. The van der Waals surface area contributed by atoms with Crippen molar-refractivity contribution in [3.8, 4) is 11.4 Å². The maximum Gasteiger partial charge on any atom is 0.227 e. The van der Waals surface area contributed by atoms with Gasteiger partial charge < -0.3 is 10.3 Å². The third-order valence-corrected chi connectivity index (χ3v) is 5.52. The van der Waals surface area contributed by atoms with Gasteiger partial charge >= 0.3 is 0 Å². The van der Waals surface area contributed by atoms with E-state index in [1.54, 1.807) is 0 Å². The van der Waals surface area contributed by atoms with Crippen LogP contribution in [0.1, 0.15) is 17.5 Å². The number of anilines is 1. The Morgan fingerprint density at radius 3 is 2.61 bits per heavy atom.